The Bertz CT molecular complexity index is 197. The molecular formula is C9H19N3O. The Hall–Kier alpha value is -1.19. The zero-order valence-electron chi connectivity index (χ0n) is 9.33. The highest BCUT2D eigenvalue weighted by molar-refractivity contribution is 5.87. The molecule has 0 atom stereocenters. The maximum absolute atomic E-state index is 11.4. The second-order valence-electron chi connectivity index (χ2n) is 3.52. The zero-order chi connectivity index (χ0) is 10.6. The number of nitrogens with zero attached hydrogens (tertiary/aromatic N) is 3. The number of hydrogen-bond acceptors (Lipinski definition) is 3. The number of rotatable bonds is 3. The van der Waals surface area contributed by atoms with Crippen molar-refractivity contribution in [2.75, 3.05) is 42.3 Å². The van der Waals surface area contributed by atoms with E-state index in [-0.39, 0.29) is 5.91 Å². The molecule has 13 heavy (non-hydrogen) atoms. The SMILES string of the molecule is CN(C)C(=O)C=C(N(C)C)N(C)C. The predicted octanol–water partition coefficient (Wildman–Crippen LogP) is 0.0392. The number of amides is 1. The molecule has 0 unspecified atom stereocenters. The van der Waals surface area contributed by atoms with Crippen LogP contribution in [0.2, 0.25) is 0 Å². The lowest BCUT2D eigenvalue weighted by Gasteiger charge is -2.24. The van der Waals surface area contributed by atoms with E-state index < -0.39 is 0 Å². The van der Waals surface area contributed by atoms with Crippen LogP contribution in [0.4, 0.5) is 0 Å². The van der Waals surface area contributed by atoms with E-state index in [4.69, 9.17) is 0 Å². The smallest absolute Gasteiger partial charge is 0.249 e. The molecule has 0 bridgehead atoms. The molecule has 0 aliphatic carbocycles. The molecule has 0 rings (SSSR count). The molecule has 0 aromatic rings. The first-order valence-corrected chi connectivity index (χ1v) is 4.14. The summed E-state index contributed by atoms with van der Waals surface area (Å²) in [7, 11) is 11.1. The number of carbonyl (C=O) groups is 1. The fraction of sp³-hybridized carbons (Fsp3) is 0.667. The molecule has 0 aromatic carbocycles. The third kappa shape index (κ3) is 3.83. The van der Waals surface area contributed by atoms with Crippen molar-refractivity contribution in [1.29, 1.82) is 0 Å². The summed E-state index contributed by atoms with van der Waals surface area (Å²) in [5.74, 6) is 0.885. The lowest BCUT2D eigenvalue weighted by molar-refractivity contribution is -0.123. The van der Waals surface area contributed by atoms with Gasteiger partial charge in [0.1, 0.15) is 5.82 Å². The average molecular weight is 185 g/mol. The van der Waals surface area contributed by atoms with Crippen LogP contribution < -0.4 is 0 Å². The van der Waals surface area contributed by atoms with Gasteiger partial charge < -0.3 is 14.7 Å². The molecule has 0 radical (unpaired) electrons. The third-order valence-corrected chi connectivity index (χ3v) is 1.61. The van der Waals surface area contributed by atoms with Gasteiger partial charge in [0, 0.05) is 48.4 Å². The van der Waals surface area contributed by atoms with Gasteiger partial charge in [-0.15, -0.1) is 0 Å². The van der Waals surface area contributed by atoms with Crippen LogP contribution >= 0.6 is 0 Å². The summed E-state index contributed by atoms with van der Waals surface area (Å²) in [6.45, 7) is 0. The largest absolute Gasteiger partial charge is 0.364 e. The molecule has 0 aromatic heterocycles. The van der Waals surface area contributed by atoms with Gasteiger partial charge in [0.2, 0.25) is 5.91 Å². The van der Waals surface area contributed by atoms with Gasteiger partial charge in [0.15, 0.2) is 0 Å². The van der Waals surface area contributed by atoms with Crippen molar-refractivity contribution in [1.82, 2.24) is 14.7 Å². The Balaban J connectivity index is 4.64. The zero-order valence-corrected chi connectivity index (χ0v) is 9.33. The quantitative estimate of drug-likeness (QED) is 0.581. The fourth-order valence-corrected chi connectivity index (χ4v) is 0.898. The van der Waals surface area contributed by atoms with E-state index in [1.165, 1.54) is 0 Å². The molecule has 4 heteroatoms. The second-order valence-corrected chi connectivity index (χ2v) is 3.52. The minimum absolute atomic E-state index is 0.00241. The Morgan fingerprint density at radius 2 is 1.23 bits per heavy atom. The van der Waals surface area contributed by atoms with Crippen molar-refractivity contribution >= 4 is 5.91 Å². The van der Waals surface area contributed by atoms with E-state index in [2.05, 4.69) is 0 Å². The third-order valence-electron chi connectivity index (χ3n) is 1.61. The molecular weight excluding hydrogens is 166 g/mol. The van der Waals surface area contributed by atoms with Crippen molar-refractivity contribution in [3.8, 4) is 0 Å². The maximum atomic E-state index is 11.4. The Labute approximate surface area is 80.4 Å². The number of carbonyl (C=O) groups excluding carboxylic acids is 1. The van der Waals surface area contributed by atoms with Crippen LogP contribution in [0, 0.1) is 0 Å². The molecule has 0 aliphatic heterocycles. The first kappa shape index (κ1) is 11.8. The summed E-state index contributed by atoms with van der Waals surface area (Å²) in [6.07, 6.45) is 1.61. The normalized spacial score (nSPS) is 9.08. The van der Waals surface area contributed by atoms with Crippen molar-refractivity contribution in [2.24, 2.45) is 0 Å². The van der Waals surface area contributed by atoms with Crippen LogP contribution in [-0.2, 0) is 4.79 Å². The highest BCUT2D eigenvalue weighted by atomic mass is 16.2. The van der Waals surface area contributed by atoms with Crippen molar-refractivity contribution in [3.05, 3.63) is 11.9 Å². The molecule has 0 fully saturated rings. The summed E-state index contributed by atoms with van der Waals surface area (Å²) in [4.78, 5) is 16.7. The number of hydrogen-bond donors (Lipinski definition) is 0. The van der Waals surface area contributed by atoms with E-state index in [9.17, 15) is 4.79 Å². The molecule has 0 saturated heterocycles. The summed E-state index contributed by atoms with van der Waals surface area (Å²) < 4.78 is 0. The number of likely N-dealkylation sites (N-methyl/N-ethyl adjacent to an activating group) is 1. The Kier molecular flexibility index (Phi) is 4.31. The van der Waals surface area contributed by atoms with Crippen LogP contribution in [-0.4, -0.2) is 62.9 Å². The summed E-state index contributed by atoms with van der Waals surface area (Å²) in [6, 6.07) is 0. The lowest BCUT2D eigenvalue weighted by Crippen LogP contribution is -2.28. The molecule has 1 amide bonds. The highest BCUT2D eigenvalue weighted by Gasteiger charge is 2.06. The van der Waals surface area contributed by atoms with Gasteiger partial charge in [0.25, 0.3) is 0 Å². The molecule has 0 saturated carbocycles. The molecule has 0 heterocycles. The standard InChI is InChI=1S/C9H19N3O/c1-10(2)8(11(3)4)7-9(13)12(5)6/h7H,1-6H3. The maximum Gasteiger partial charge on any atom is 0.249 e. The van der Waals surface area contributed by atoms with E-state index in [0.29, 0.717) is 0 Å². The van der Waals surface area contributed by atoms with Crippen LogP contribution in [0.1, 0.15) is 0 Å². The first-order valence-electron chi connectivity index (χ1n) is 4.14. The molecule has 0 N–H and O–H groups in total. The van der Waals surface area contributed by atoms with Crippen LogP contribution in [0.15, 0.2) is 11.9 Å². The van der Waals surface area contributed by atoms with Crippen LogP contribution in [0.5, 0.6) is 0 Å². The first-order chi connectivity index (χ1) is 5.86. The van der Waals surface area contributed by atoms with E-state index >= 15 is 0 Å². The molecule has 76 valence electrons. The van der Waals surface area contributed by atoms with E-state index in [1.54, 1.807) is 25.1 Å². The van der Waals surface area contributed by atoms with Crippen LogP contribution in [0.25, 0.3) is 0 Å². The van der Waals surface area contributed by atoms with E-state index in [0.717, 1.165) is 5.82 Å². The monoisotopic (exact) mass is 185 g/mol. The van der Waals surface area contributed by atoms with Gasteiger partial charge in [-0.2, -0.15) is 0 Å². The summed E-state index contributed by atoms with van der Waals surface area (Å²) in [5, 5.41) is 0. The average Bonchev–Trinajstić information content (AvgIpc) is 1.97. The van der Waals surface area contributed by atoms with Gasteiger partial charge in [-0.3, -0.25) is 4.79 Å². The Morgan fingerprint density at radius 3 is 1.46 bits per heavy atom. The van der Waals surface area contributed by atoms with Gasteiger partial charge in [-0.25, -0.2) is 0 Å². The van der Waals surface area contributed by atoms with Gasteiger partial charge in [-0.1, -0.05) is 0 Å². The Morgan fingerprint density at radius 1 is 0.846 bits per heavy atom. The minimum atomic E-state index is -0.00241. The molecule has 4 nitrogen and oxygen atoms in total. The molecule has 0 aliphatic rings. The van der Waals surface area contributed by atoms with E-state index in [1.807, 2.05) is 38.0 Å². The minimum Gasteiger partial charge on any atom is -0.364 e. The van der Waals surface area contributed by atoms with Crippen molar-refractivity contribution in [3.63, 3.8) is 0 Å². The summed E-state index contributed by atoms with van der Waals surface area (Å²) >= 11 is 0. The van der Waals surface area contributed by atoms with Crippen molar-refractivity contribution < 1.29 is 4.79 Å². The topological polar surface area (TPSA) is 26.8 Å². The fourth-order valence-electron chi connectivity index (χ4n) is 0.898. The highest BCUT2D eigenvalue weighted by Crippen LogP contribution is 2.02. The predicted molar refractivity (Wildman–Crippen MR) is 54.2 cm³/mol. The van der Waals surface area contributed by atoms with Crippen LogP contribution in [0.3, 0.4) is 0 Å². The second kappa shape index (κ2) is 4.74. The lowest BCUT2D eigenvalue weighted by atomic mass is 10.4. The summed E-state index contributed by atoms with van der Waals surface area (Å²) in [5.41, 5.74) is 0. The van der Waals surface area contributed by atoms with Crippen molar-refractivity contribution in [2.45, 2.75) is 0 Å². The van der Waals surface area contributed by atoms with Gasteiger partial charge >= 0.3 is 0 Å². The van der Waals surface area contributed by atoms with Gasteiger partial charge in [0.05, 0.1) is 0 Å². The van der Waals surface area contributed by atoms with Gasteiger partial charge in [-0.05, 0) is 0 Å². The molecule has 0 spiro atoms.